The van der Waals surface area contributed by atoms with Gasteiger partial charge in [0.1, 0.15) is 5.82 Å². The fourth-order valence-electron chi connectivity index (χ4n) is 2.06. The molecule has 19 heavy (non-hydrogen) atoms. The number of rotatable bonds is 4. The number of halogens is 3. The van der Waals surface area contributed by atoms with E-state index in [0.29, 0.717) is 5.88 Å². The summed E-state index contributed by atoms with van der Waals surface area (Å²) < 4.78 is 14.4. The van der Waals surface area contributed by atoms with Crippen molar-refractivity contribution in [1.29, 1.82) is 0 Å². The molecular weight excluding hydrogens is 329 g/mol. The highest BCUT2D eigenvalue weighted by Crippen LogP contribution is 2.31. The molecule has 2 aromatic carbocycles. The van der Waals surface area contributed by atoms with Crippen molar-refractivity contribution in [2.75, 3.05) is 11.4 Å². The summed E-state index contributed by atoms with van der Waals surface area (Å²) >= 11 is 9.44. The van der Waals surface area contributed by atoms with Gasteiger partial charge in [-0.2, -0.15) is 0 Å². The predicted molar refractivity (Wildman–Crippen MR) is 82.8 cm³/mol. The van der Waals surface area contributed by atoms with Crippen molar-refractivity contribution in [3.05, 3.63) is 58.3 Å². The molecule has 0 bridgehead atoms. The Morgan fingerprint density at radius 1 is 1.21 bits per heavy atom. The van der Waals surface area contributed by atoms with Crippen LogP contribution in [0.25, 0.3) is 0 Å². The number of benzene rings is 2. The maximum Gasteiger partial charge on any atom is 0.125 e. The standard InChI is InChI=1S/C15H14BrClFN/c1-2-19(14-5-3-4-13(18)9-14)15-7-6-12(16)8-11(15)10-17/h3-9H,2,10H2,1H3. The fourth-order valence-corrected chi connectivity index (χ4v) is 2.68. The quantitative estimate of drug-likeness (QED) is 0.665. The molecule has 0 fully saturated rings. The van der Waals surface area contributed by atoms with Crippen LogP contribution < -0.4 is 4.90 Å². The van der Waals surface area contributed by atoms with Crippen LogP contribution in [0.4, 0.5) is 15.8 Å². The highest BCUT2D eigenvalue weighted by molar-refractivity contribution is 9.10. The number of alkyl halides is 1. The summed E-state index contributed by atoms with van der Waals surface area (Å²) in [5.74, 6) is 0.182. The smallest absolute Gasteiger partial charge is 0.125 e. The molecule has 1 nitrogen and oxygen atoms in total. The number of hydrogen-bond donors (Lipinski definition) is 0. The van der Waals surface area contributed by atoms with Crippen LogP contribution in [-0.2, 0) is 5.88 Å². The van der Waals surface area contributed by atoms with E-state index < -0.39 is 0 Å². The highest BCUT2D eigenvalue weighted by atomic mass is 79.9. The third-order valence-corrected chi connectivity index (χ3v) is 3.69. The van der Waals surface area contributed by atoms with Crippen LogP contribution in [-0.4, -0.2) is 6.54 Å². The minimum Gasteiger partial charge on any atom is -0.341 e. The normalized spacial score (nSPS) is 10.5. The van der Waals surface area contributed by atoms with Crippen LogP contribution >= 0.6 is 27.5 Å². The monoisotopic (exact) mass is 341 g/mol. The molecule has 0 radical (unpaired) electrons. The minimum atomic E-state index is -0.236. The first-order valence-electron chi connectivity index (χ1n) is 6.03. The van der Waals surface area contributed by atoms with Crippen molar-refractivity contribution in [3.8, 4) is 0 Å². The van der Waals surface area contributed by atoms with Gasteiger partial charge in [0.2, 0.25) is 0 Å². The van der Waals surface area contributed by atoms with Gasteiger partial charge in [-0.3, -0.25) is 0 Å². The van der Waals surface area contributed by atoms with Gasteiger partial charge in [-0.15, -0.1) is 11.6 Å². The molecule has 0 aliphatic carbocycles. The highest BCUT2D eigenvalue weighted by Gasteiger charge is 2.12. The maximum atomic E-state index is 13.4. The van der Waals surface area contributed by atoms with Gasteiger partial charge >= 0.3 is 0 Å². The zero-order valence-electron chi connectivity index (χ0n) is 10.5. The first-order chi connectivity index (χ1) is 9.15. The number of anilines is 2. The van der Waals surface area contributed by atoms with Crippen molar-refractivity contribution >= 4 is 38.9 Å². The van der Waals surface area contributed by atoms with Gasteiger partial charge in [-0.1, -0.05) is 22.0 Å². The first-order valence-corrected chi connectivity index (χ1v) is 7.36. The molecule has 4 heteroatoms. The average Bonchev–Trinajstić information content (AvgIpc) is 2.41. The first kappa shape index (κ1) is 14.4. The Balaban J connectivity index is 2.48. The summed E-state index contributed by atoms with van der Waals surface area (Å²) in [7, 11) is 0. The summed E-state index contributed by atoms with van der Waals surface area (Å²) in [5.41, 5.74) is 2.85. The van der Waals surface area contributed by atoms with E-state index in [4.69, 9.17) is 11.6 Å². The molecule has 0 spiro atoms. The third-order valence-electron chi connectivity index (χ3n) is 2.91. The summed E-state index contributed by atoms with van der Waals surface area (Å²) in [6, 6.07) is 12.5. The average molecular weight is 343 g/mol. The minimum absolute atomic E-state index is 0.236. The molecule has 0 aliphatic heterocycles. The summed E-state index contributed by atoms with van der Waals surface area (Å²) in [4.78, 5) is 2.05. The van der Waals surface area contributed by atoms with E-state index in [1.165, 1.54) is 12.1 Å². The molecule has 2 aromatic rings. The van der Waals surface area contributed by atoms with Crippen LogP contribution in [0.15, 0.2) is 46.9 Å². The zero-order valence-corrected chi connectivity index (χ0v) is 12.9. The Bertz CT molecular complexity index is 574. The lowest BCUT2D eigenvalue weighted by molar-refractivity contribution is 0.627. The Kier molecular flexibility index (Phi) is 4.83. The second-order valence-corrected chi connectivity index (χ2v) is 5.31. The molecule has 100 valence electrons. The molecule has 0 unspecified atom stereocenters. The Morgan fingerprint density at radius 2 is 2.00 bits per heavy atom. The number of nitrogens with zero attached hydrogens (tertiary/aromatic N) is 1. The Hall–Kier alpha value is -1.06. The second-order valence-electron chi connectivity index (χ2n) is 4.13. The topological polar surface area (TPSA) is 3.24 Å². The van der Waals surface area contributed by atoms with Crippen LogP contribution in [0, 0.1) is 5.82 Å². The fraction of sp³-hybridized carbons (Fsp3) is 0.200. The molecule has 0 saturated carbocycles. The predicted octanol–water partition coefficient (Wildman–Crippen LogP) is 5.49. The van der Waals surface area contributed by atoms with E-state index in [9.17, 15) is 4.39 Å². The third kappa shape index (κ3) is 3.28. The maximum absolute atomic E-state index is 13.4. The lowest BCUT2D eigenvalue weighted by Gasteiger charge is -2.25. The van der Waals surface area contributed by atoms with Crippen molar-refractivity contribution in [3.63, 3.8) is 0 Å². The molecule has 0 heterocycles. The summed E-state index contributed by atoms with van der Waals surface area (Å²) in [6.07, 6.45) is 0. The SMILES string of the molecule is CCN(c1cccc(F)c1)c1ccc(Br)cc1CCl. The van der Waals surface area contributed by atoms with Gasteiger partial charge in [0.05, 0.1) is 0 Å². The molecule has 0 aliphatic rings. The molecule has 0 amide bonds. The van der Waals surface area contributed by atoms with Crippen molar-refractivity contribution in [2.45, 2.75) is 12.8 Å². The molecule has 0 atom stereocenters. The van der Waals surface area contributed by atoms with Gasteiger partial charge in [0.25, 0.3) is 0 Å². The molecule has 0 aromatic heterocycles. The molecule has 0 N–H and O–H groups in total. The Morgan fingerprint density at radius 3 is 2.63 bits per heavy atom. The lowest BCUT2D eigenvalue weighted by atomic mass is 10.1. The van der Waals surface area contributed by atoms with Gasteiger partial charge < -0.3 is 4.90 Å². The second kappa shape index (κ2) is 6.40. The van der Waals surface area contributed by atoms with E-state index in [1.807, 2.05) is 36.1 Å². The van der Waals surface area contributed by atoms with Crippen molar-refractivity contribution in [1.82, 2.24) is 0 Å². The zero-order chi connectivity index (χ0) is 13.8. The van der Waals surface area contributed by atoms with Crippen LogP contribution in [0.1, 0.15) is 12.5 Å². The summed E-state index contributed by atoms with van der Waals surface area (Å²) in [5, 5.41) is 0. The molecule has 2 rings (SSSR count). The lowest BCUT2D eigenvalue weighted by Crippen LogP contribution is -2.17. The van der Waals surface area contributed by atoms with Crippen LogP contribution in [0.2, 0.25) is 0 Å². The van der Waals surface area contributed by atoms with E-state index in [0.717, 1.165) is 28.0 Å². The summed E-state index contributed by atoms with van der Waals surface area (Å²) in [6.45, 7) is 2.78. The van der Waals surface area contributed by atoms with Crippen LogP contribution in [0.3, 0.4) is 0 Å². The van der Waals surface area contributed by atoms with Gasteiger partial charge in [-0.25, -0.2) is 4.39 Å². The molecule has 0 saturated heterocycles. The van der Waals surface area contributed by atoms with Gasteiger partial charge in [0, 0.05) is 28.3 Å². The van der Waals surface area contributed by atoms with E-state index in [1.54, 1.807) is 6.07 Å². The molecular formula is C15H14BrClFN. The van der Waals surface area contributed by atoms with Crippen molar-refractivity contribution < 1.29 is 4.39 Å². The van der Waals surface area contributed by atoms with Crippen molar-refractivity contribution in [2.24, 2.45) is 0 Å². The van der Waals surface area contributed by atoms with Gasteiger partial charge in [-0.05, 0) is 48.9 Å². The number of hydrogen-bond acceptors (Lipinski definition) is 1. The van der Waals surface area contributed by atoms with E-state index in [-0.39, 0.29) is 5.82 Å². The van der Waals surface area contributed by atoms with E-state index in [2.05, 4.69) is 15.9 Å². The largest absolute Gasteiger partial charge is 0.341 e. The van der Waals surface area contributed by atoms with E-state index >= 15 is 0 Å². The van der Waals surface area contributed by atoms with Crippen LogP contribution in [0.5, 0.6) is 0 Å². The van der Waals surface area contributed by atoms with Gasteiger partial charge in [0.15, 0.2) is 0 Å². The Labute approximate surface area is 126 Å².